The predicted molar refractivity (Wildman–Crippen MR) is 138 cm³/mol. The summed E-state index contributed by atoms with van der Waals surface area (Å²) in [6.07, 6.45) is 2.75. The number of nitrogens with zero attached hydrogens (tertiary/aromatic N) is 3. The molecule has 0 spiro atoms. The second-order valence-corrected chi connectivity index (χ2v) is 11.1. The molecule has 1 aliphatic rings. The number of aryl methyl sites for hydroxylation is 1. The fourth-order valence-corrected chi connectivity index (χ4v) is 6.71. The van der Waals surface area contributed by atoms with Crippen molar-refractivity contribution in [1.82, 2.24) is 8.87 Å². The highest BCUT2D eigenvalue weighted by Gasteiger charge is 2.27. The van der Waals surface area contributed by atoms with Crippen LogP contribution in [-0.4, -0.2) is 30.4 Å². The van der Waals surface area contributed by atoms with Crippen LogP contribution in [0.1, 0.15) is 18.4 Å². The average molecular weight is 490 g/mol. The molecule has 1 aromatic heterocycles. The molecular formula is C27H27N3O2S2. The molecule has 174 valence electrons. The summed E-state index contributed by atoms with van der Waals surface area (Å²) in [6.45, 7) is 2.00. The summed E-state index contributed by atoms with van der Waals surface area (Å²) in [7, 11) is -3.42. The van der Waals surface area contributed by atoms with E-state index in [0.29, 0.717) is 18.0 Å². The molecule has 0 aliphatic carbocycles. The lowest BCUT2D eigenvalue weighted by molar-refractivity contribution is 0.477. The zero-order chi connectivity index (χ0) is 23.4. The molecule has 5 rings (SSSR count). The van der Waals surface area contributed by atoms with E-state index in [0.717, 1.165) is 47.6 Å². The highest BCUT2D eigenvalue weighted by molar-refractivity contribution is 7.89. The molecule has 5 nitrogen and oxygen atoms in total. The maximum Gasteiger partial charge on any atom is 0.243 e. The maximum absolute atomic E-state index is 12.9. The van der Waals surface area contributed by atoms with Gasteiger partial charge >= 0.3 is 0 Å². The zero-order valence-corrected chi connectivity index (χ0v) is 20.5. The van der Waals surface area contributed by atoms with Crippen LogP contribution in [0.3, 0.4) is 0 Å². The van der Waals surface area contributed by atoms with Crippen molar-refractivity contribution >= 4 is 27.0 Å². The molecular weight excluding hydrogens is 462 g/mol. The van der Waals surface area contributed by atoms with E-state index in [1.54, 1.807) is 27.8 Å². The van der Waals surface area contributed by atoms with Crippen LogP contribution in [0.2, 0.25) is 0 Å². The second-order valence-electron chi connectivity index (χ2n) is 8.37. The van der Waals surface area contributed by atoms with Crippen LogP contribution < -0.4 is 4.80 Å². The van der Waals surface area contributed by atoms with Crippen molar-refractivity contribution < 1.29 is 8.42 Å². The van der Waals surface area contributed by atoms with Gasteiger partial charge in [-0.05, 0) is 54.7 Å². The lowest BCUT2D eigenvalue weighted by Gasteiger charge is -2.16. The van der Waals surface area contributed by atoms with E-state index >= 15 is 0 Å². The summed E-state index contributed by atoms with van der Waals surface area (Å²) in [5.41, 5.74) is 4.21. The minimum atomic E-state index is -3.42. The average Bonchev–Trinajstić information content (AvgIpc) is 3.55. The van der Waals surface area contributed by atoms with Crippen molar-refractivity contribution in [2.45, 2.75) is 30.7 Å². The topological polar surface area (TPSA) is 54.7 Å². The smallest absolute Gasteiger partial charge is 0.243 e. The van der Waals surface area contributed by atoms with E-state index in [-0.39, 0.29) is 0 Å². The molecule has 34 heavy (non-hydrogen) atoms. The summed E-state index contributed by atoms with van der Waals surface area (Å²) in [5, 5.41) is 2.11. The Morgan fingerprint density at radius 3 is 2.15 bits per heavy atom. The second kappa shape index (κ2) is 10.1. The van der Waals surface area contributed by atoms with Gasteiger partial charge in [-0.2, -0.15) is 4.31 Å². The molecule has 1 saturated heterocycles. The van der Waals surface area contributed by atoms with Crippen molar-refractivity contribution in [3.8, 4) is 11.3 Å². The number of hydrogen-bond donors (Lipinski definition) is 0. The number of benzene rings is 3. The molecule has 0 saturated carbocycles. The first-order valence-corrected chi connectivity index (χ1v) is 13.9. The molecule has 0 radical (unpaired) electrons. The van der Waals surface area contributed by atoms with Gasteiger partial charge < -0.3 is 4.57 Å². The molecule has 4 aromatic rings. The first-order chi connectivity index (χ1) is 16.6. The fourth-order valence-electron chi connectivity index (χ4n) is 4.24. The third-order valence-corrected chi connectivity index (χ3v) is 8.87. The van der Waals surface area contributed by atoms with Gasteiger partial charge in [0.2, 0.25) is 10.0 Å². The molecule has 1 fully saturated rings. The van der Waals surface area contributed by atoms with Gasteiger partial charge in [0, 0.05) is 25.0 Å². The summed E-state index contributed by atoms with van der Waals surface area (Å²) in [4.78, 5) is 6.17. The van der Waals surface area contributed by atoms with Gasteiger partial charge in [0.25, 0.3) is 0 Å². The van der Waals surface area contributed by atoms with Crippen LogP contribution in [0.5, 0.6) is 0 Å². The normalized spacial score (nSPS) is 15.1. The highest BCUT2D eigenvalue weighted by atomic mass is 32.2. The fraction of sp³-hybridized carbons (Fsp3) is 0.222. The largest absolute Gasteiger partial charge is 0.316 e. The highest BCUT2D eigenvalue weighted by Crippen LogP contribution is 2.26. The van der Waals surface area contributed by atoms with Crippen LogP contribution in [0.4, 0.5) is 5.69 Å². The number of aromatic nitrogens is 1. The Bertz CT molecular complexity index is 1400. The van der Waals surface area contributed by atoms with Crippen LogP contribution in [0.15, 0.2) is 100 Å². The molecule has 2 heterocycles. The standard InChI is InChI=1S/C27H27N3O2S2/c31-34(32,29-18-7-8-19-29)25-15-13-23(14-16-25)26-21-33-27(28-24-11-5-2-6-12-24)30(26)20-17-22-9-3-1-4-10-22/h1-6,9-16,21H,7-8,17-20H2. The van der Waals surface area contributed by atoms with Crippen LogP contribution in [0, 0.1) is 0 Å². The molecule has 0 amide bonds. The molecule has 0 unspecified atom stereocenters. The Hall–Kier alpha value is -3.00. The SMILES string of the molecule is O=S(=O)(c1ccc(-c2csc(=Nc3ccccc3)n2CCc2ccccc2)cc1)N1CCCC1. The van der Waals surface area contributed by atoms with Gasteiger partial charge in [0.05, 0.1) is 16.3 Å². The number of para-hydroxylation sites is 1. The zero-order valence-electron chi connectivity index (χ0n) is 18.9. The third kappa shape index (κ3) is 4.92. The Morgan fingerprint density at radius 1 is 0.824 bits per heavy atom. The lowest BCUT2D eigenvalue weighted by atomic mass is 10.1. The quantitative estimate of drug-likeness (QED) is 0.345. The minimum absolute atomic E-state index is 0.360. The monoisotopic (exact) mass is 489 g/mol. The Labute approximate surface area is 204 Å². The molecule has 3 aromatic carbocycles. The van der Waals surface area contributed by atoms with Gasteiger partial charge in [0.15, 0.2) is 4.80 Å². The number of thiazole rings is 1. The molecule has 7 heteroatoms. The van der Waals surface area contributed by atoms with E-state index in [9.17, 15) is 8.42 Å². The Balaban J connectivity index is 1.50. The van der Waals surface area contributed by atoms with Gasteiger partial charge in [-0.3, -0.25) is 0 Å². The minimum Gasteiger partial charge on any atom is -0.316 e. The Morgan fingerprint density at radius 2 is 1.47 bits per heavy atom. The van der Waals surface area contributed by atoms with Crippen molar-refractivity contribution in [3.05, 3.63) is 101 Å². The summed E-state index contributed by atoms with van der Waals surface area (Å²) in [5.74, 6) is 0. The lowest BCUT2D eigenvalue weighted by Crippen LogP contribution is -2.27. The van der Waals surface area contributed by atoms with E-state index in [1.165, 1.54) is 5.56 Å². The number of sulfonamides is 1. The maximum atomic E-state index is 12.9. The van der Waals surface area contributed by atoms with Crippen molar-refractivity contribution in [2.24, 2.45) is 4.99 Å². The summed E-state index contributed by atoms with van der Waals surface area (Å²) < 4.78 is 29.7. The molecule has 0 N–H and O–H groups in total. The van der Waals surface area contributed by atoms with E-state index < -0.39 is 10.0 Å². The van der Waals surface area contributed by atoms with E-state index in [2.05, 4.69) is 34.2 Å². The number of rotatable bonds is 7. The summed E-state index contributed by atoms with van der Waals surface area (Å²) >= 11 is 1.60. The first-order valence-electron chi connectivity index (χ1n) is 11.5. The van der Waals surface area contributed by atoms with Crippen molar-refractivity contribution in [1.29, 1.82) is 0 Å². The predicted octanol–water partition coefficient (Wildman–Crippen LogP) is 5.48. The molecule has 1 aliphatic heterocycles. The van der Waals surface area contributed by atoms with Gasteiger partial charge in [-0.1, -0.05) is 60.7 Å². The van der Waals surface area contributed by atoms with Crippen LogP contribution >= 0.6 is 11.3 Å². The Kier molecular flexibility index (Phi) is 6.76. The molecule has 0 bridgehead atoms. The van der Waals surface area contributed by atoms with Crippen LogP contribution in [0.25, 0.3) is 11.3 Å². The van der Waals surface area contributed by atoms with Crippen molar-refractivity contribution in [3.63, 3.8) is 0 Å². The molecule has 0 atom stereocenters. The van der Waals surface area contributed by atoms with Crippen molar-refractivity contribution in [2.75, 3.05) is 13.1 Å². The number of hydrogen-bond acceptors (Lipinski definition) is 4. The van der Waals surface area contributed by atoms with E-state index in [1.807, 2.05) is 48.5 Å². The van der Waals surface area contributed by atoms with Gasteiger partial charge in [-0.25, -0.2) is 13.4 Å². The van der Waals surface area contributed by atoms with Gasteiger partial charge in [-0.15, -0.1) is 11.3 Å². The third-order valence-electron chi connectivity index (χ3n) is 6.10. The summed E-state index contributed by atoms with van der Waals surface area (Å²) in [6, 6.07) is 27.7. The van der Waals surface area contributed by atoms with Gasteiger partial charge in [0.1, 0.15) is 0 Å². The van der Waals surface area contributed by atoms with E-state index in [4.69, 9.17) is 4.99 Å². The van der Waals surface area contributed by atoms with Crippen LogP contribution in [-0.2, 0) is 23.0 Å². The first kappa shape index (κ1) is 22.8.